The highest BCUT2D eigenvalue weighted by molar-refractivity contribution is 5.82. The van der Waals surface area contributed by atoms with E-state index in [1.54, 1.807) is 6.07 Å². The van der Waals surface area contributed by atoms with Crippen LogP contribution in [0, 0.1) is 12.7 Å². The maximum Gasteiger partial charge on any atom is 0.129 e. The number of halogens is 1. The molecule has 1 aliphatic rings. The highest BCUT2D eigenvalue weighted by Gasteiger charge is 2.34. The topological polar surface area (TPSA) is 30.9 Å². The summed E-state index contributed by atoms with van der Waals surface area (Å²) in [6.45, 7) is 2.03. The monoisotopic (exact) mass is 246 g/mol. The molecule has 96 valence electrons. The molecule has 3 rings (SSSR count). The Hall–Kier alpha value is -1.35. The zero-order valence-corrected chi connectivity index (χ0v) is 11.0. The third-order valence-corrected chi connectivity index (χ3v) is 4.40. The molecule has 0 radical (unpaired) electrons. The summed E-state index contributed by atoms with van der Waals surface area (Å²) in [5.41, 5.74) is 8.81. The second-order valence-electron chi connectivity index (χ2n) is 5.60. The van der Waals surface area contributed by atoms with Crippen LogP contribution in [0.2, 0.25) is 0 Å². The van der Waals surface area contributed by atoms with Crippen LogP contribution in [-0.4, -0.2) is 4.57 Å². The van der Waals surface area contributed by atoms with Crippen LogP contribution < -0.4 is 5.73 Å². The molecule has 0 saturated heterocycles. The first-order valence-corrected chi connectivity index (χ1v) is 6.56. The lowest BCUT2D eigenvalue weighted by atomic mass is 9.88. The van der Waals surface area contributed by atoms with Crippen molar-refractivity contribution in [3.63, 3.8) is 0 Å². The molecule has 18 heavy (non-hydrogen) atoms. The number of hydrogen-bond donors (Lipinski definition) is 1. The first-order chi connectivity index (χ1) is 8.51. The minimum atomic E-state index is -0.462. The summed E-state index contributed by atoms with van der Waals surface area (Å²) in [5.74, 6) is -0.155. The Bertz CT molecular complexity index is 606. The summed E-state index contributed by atoms with van der Waals surface area (Å²) in [4.78, 5) is 0. The van der Waals surface area contributed by atoms with E-state index in [4.69, 9.17) is 5.73 Å². The molecule has 1 fully saturated rings. The van der Waals surface area contributed by atoms with Gasteiger partial charge in [0.25, 0.3) is 0 Å². The zero-order chi connectivity index (χ0) is 12.9. The van der Waals surface area contributed by atoms with Gasteiger partial charge in [0, 0.05) is 34.7 Å². The normalized spacial score (nSPS) is 18.7. The number of nitrogens with two attached hydrogens (primary N) is 1. The van der Waals surface area contributed by atoms with E-state index in [9.17, 15) is 4.39 Å². The molecular weight excluding hydrogens is 227 g/mol. The molecule has 2 N–H and O–H groups in total. The van der Waals surface area contributed by atoms with Crippen LogP contribution >= 0.6 is 0 Å². The van der Waals surface area contributed by atoms with Crippen molar-refractivity contribution in [2.45, 2.75) is 38.1 Å². The Morgan fingerprint density at radius 2 is 1.89 bits per heavy atom. The zero-order valence-electron chi connectivity index (χ0n) is 11.0. The van der Waals surface area contributed by atoms with Gasteiger partial charge in [-0.3, -0.25) is 0 Å². The van der Waals surface area contributed by atoms with Gasteiger partial charge >= 0.3 is 0 Å². The van der Waals surface area contributed by atoms with Gasteiger partial charge in [-0.05, 0) is 38.0 Å². The predicted octanol–water partition coefficient (Wildman–Crippen LogP) is 3.35. The third kappa shape index (κ3) is 1.57. The Morgan fingerprint density at radius 3 is 2.56 bits per heavy atom. The van der Waals surface area contributed by atoms with E-state index >= 15 is 0 Å². The molecule has 0 spiro atoms. The van der Waals surface area contributed by atoms with Gasteiger partial charge in [0.15, 0.2) is 0 Å². The van der Waals surface area contributed by atoms with E-state index in [2.05, 4.69) is 4.57 Å². The van der Waals surface area contributed by atoms with E-state index in [0.717, 1.165) is 42.3 Å². The number of fused-ring (bicyclic) bond motifs is 1. The van der Waals surface area contributed by atoms with Gasteiger partial charge < -0.3 is 10.3 Å². The summed E-state index contributed by atoms with van der Waals surface area (Å²) >= 11 is 0. The first kappa shape index (κ1) is 11.7. The fraction of sp³-hybridized carbons (Fsp3) is 0.467. The van der Waals surface area contributed by atoms with Crippen LogP contribution in [0.15, 0.2) is 18.2 Å². The molecule has 1 aromatic carbocycles. The van der Waals surface area contributed by atoms with E-state index < -0.39 is 5.54 Å². The second kappa shape index (κ2) is 3.82. The molecule has 2 aromatic rings. The number of rotatable bonds is 1. The third-order valence-electron chi connectivity index (χ3n) is 4.40. The van der Waals surface area contributed by atoms with Gasteiger partial charge in [0.2, 0.25) is 0 Å². The molecular formula is C15H19FN2. The van der Waals surface area contributed by atoms with Crippen LogP contribution in [0.25, 0.3) is 10.9 Å². The number of benzene rings is 1. The maximum atomic E-state index is 14.3. The molecule has 1 heterocycles. The number of aryl methyl sites for hydroxylation is 2. The van der Waals surface area contributed by atoms with E-state index in [1.807, 2.05) is 26.1 Å². The first-order valence-electron chi connectivity index (χ1n) is 6.56. The highest BCUT2D eigenvalue weighted by Crippen LogP contribution is 2.39. The summed E-state index contributed by atoms with van der Waals surface area (Å²) in [5, 5.41) is 0.956. The van der Waals surface area contributed by atoms with Crippen molar-refractivity contribution in [3.8, 4) is 0 Å². The number of nitrogens with zero attached hydrogens (tertiary/aromatic N) is 1. The van der Waals surface area contributed by atoms with Gasteiger partial charge in [-0.2, -0.15) is 0 Å². The van der Waals surface area contributed by atoms with Crippen molar-refractivity contribution in [1.82, 2.24) is 4.57 Å². The fourth-order valence-corrected chi connectivity index (χ4v) is 3.15. The van der Waals surface area contributed by atoms with Crippen LogP contribution in [0.3, 0.4) is 0 Å². The Kier molecular flexibility index (Phi) is 2.49. The largest absolute Gasteiger partial charge is 0.348 e. The van der Waals surface area contributed by atoms with Crippen molar-refractivity contribution < 1.29 is 4.39 Å². The summed E-state index contributed by atoms with van der Waals surface area (Å²) in [7, 11) is 2.01. The fourth-order valence-electron chi connectivity index (χ4n) is 3.15. The molecule has 1 aromatic heterocycles. The quantitative estimate of drug-likeness (QED) is 0.822. The van der Waals surface area contributed by atoms with Crippen molar-refractivity contribution in [3.05, 3.63) is 35.3 Å². The average molecular weight is 246 g/mol. The second-order valence-corrected chi connectivity index (χ2v) is 5.60. The minimum absolute atomic E-state index is 0.155. The minimum Gasteiger partial charge on any atom is -0.348 e. The van der Waals surface area contributed by atoms with Crippen LogP contribution in [0.5, 0.6) is 0 Å². The highest BCUT2D eigenvalue weighted by atomic mass is 19.1. The molecule has 0 atom stereocenters. The van der Waals surface area contributed by atoms with Gasteiger partial charge in [-0.1, -0.05) is 12.8 Å². The summed E-state index contributed by atoms with van der Waals surface area (Å²) in [6, 6.07) is 5.59. The molecule has 1 saturated carbocycles. The Labute approximate surface area is 107 Å². The van der Waals surface area contributed by atoms with Gasteiger partial charge in [0.1, 0.15) is 5.82 Å². The summed E-state index contributed by atoms with van der Waals surface area (Å²) < 4.78 is 16.4. The number of hydrogen-bond acceptors (Lipinski definition) is 1. The van der Waals surface area contributed by atoms with Crippen molar-refractivity contribution >= 4 is 10.9 Å². The van der Waals surface area contributed by atoms with Gasteiger partial charge in [-0.15, -0.1) is 0 Å². The lowest BCUT2D eigenvalue weighted by Gasteiger charge is -2.25. The molecule has 0 bridgehead atoms. The molecule has 0 unspecified atom stereocenters. The van der Waals surface area contributed by atoms with Gasteiger partial charge in [0.05, 0.1) is 0 Å². The summed E-state index contributed by atoms with van der Waals surface area (Å²) in [6.07, 6.45) is 3.97. The molecule has 2 nitrogen and oxygen atoms in total. The predicted molar refractivity (Wildman–Crippen MR) is 71.9 cm³/mol. The lowest BCUT2D eigenvalue weighted by Crippen LogP contribution is -2.34. The van der Waals surface area contributed by atoms with E-state index in [1.165, 1.54) is 0 Å². The Balaban J connectivity index is 2.23. The standard InChI is InChI=1S/C15H19FN2/c1-10-7-11-8-13(16)12(9-14(11)18(10)2)15(17)5-3-4-6-15/h7-9H,3-6,17H2,1-2H3. The van der Waals surface area contributed by atoms with Crippen molar-refractivity contribution in [1.29, 1.82) is 0 Å². The lowest BCUT2D eigenvalue weighted by molar-refractivity contribution is 0.434. The maximum absolute atomic E-state index is 14.3. The van der Waals surface area contributed by atoms with Crippen molar-refractivity contribution in [2.75, 3.05) is 0 Å². The smallest absolute Gasteiger partial charge is 0.129 e. The van der Waals surface area contributed by atoms with E-state index in [0.29, 0.717) is 5.56 Å². The molecule has 1 aliphatic carbocycles. The van der Waals surface area contributed by atoms with Crippen LogP contribution in [0.4, 0.5) is 4.39 Å². The Morgan fingerprint density at radius 1 is 1.22 bits per heavy atom. The van der Waals surface area contributed by atoms with E-state index in [-0.39, 0.29) is 5.82 Å². The average Bonchev–Trinajstić information content (AvgIpc) is 2.85. The SMILES string of the molecule is Cc1cc2cc(F)c(C3(N)CCCC3)cc2n1C. The molecule has 0 amide bonds. The van der Waals surface area contributed by atoms with Crippen LogP contribution in [0.1, 0.15) is 36.9 Å². The molecule has 0 aliphatic heterocycles. The van der Waals surface area contributed by atoms with Gasteiger partial charge in [-0.25, -0.2) is 4.39 Å². The van der Waals surface area contributed by atoms with Crippen LogP contribution in [-0.2, 0) is 12.6 Å². The molecule has 3 heteroatoms. The van der Waals surface area contributed by atoms with Crippen molar-refractivity contribution in [2.24, 2.45) is 12.8 Å². The number of aromatic nitrogens is 1.